The maximum Gasteiger partial charge on any atom is 0.344 e. The molecule has 1 unspecified atom stereocenters. The summed E-state index contributed by atoms with van der Waals surface area (Å²) in [6.07, 6.45) is 0.820. The Balaban J connectivity index is 1.90. The van der Waals surface area contributed by atoms with Gasteiger partial charge in [-0.15, -0.1) is 0 Å². The molecule has 144 valence electrons. The molecule has 0 radical (unpaired) electrons. The Labute approximate surface area is 170 Å². The number of halogens is 1. The second-order valence-electron chi connectivity index (χ2n) is 5.88. The molecular weight excluding hydrogens is 402 g/mol. The molecule has 8 heteroatoms. The van der Waals surface area contributed by atoms with E-state index in [4.69, 9.17) is 16.3 Å². The van der Waals surface area contributed by atoms with Crippen molar-refractivity contribution in [3.8, 4) is 5.75 Å². The zero-order valence-corrected chi connectivity index (χ0v) is 16.4. The van der Waals surface area contributed by atoms with E-state index < -0.39 is 23.2 Å². The Morgan fingerprint density at radius 3 is 2.54 bits per heavy atom. The van der Waals surface area contributed by atoms with Gasteiger partial charge in [0.05, 0.1) is 10.6 Å². The highest BCUT2D eigenvalue weighted by Crippen LogP contribution is 2.37. The molecule has 2 aromatic rings. The van der Waals surface area contributed by atoms with Gasteiger partial charge in [0.1, 0.15) is 5.75 Å². The summed E-state index contributed by atoms with van der Waals surface area (Å²) in [6.45, 7) is 1.71. The number of hydrogen-bond donors (Lipinski definition) is 1. The number of imide groups is 1. The summed E-state index contributed by atoms with van der Waals surface area (Å²) < 4.78 is 5.58. The van der Waals surface area contributed by atoms with E-state index in [2.05, 4.69) is 0 Å². The lowest BCUT2D eigenvalue weighted by Gasteiger charge is -2.15. The van der Waals surface area contributed by atoms with Crippen molar-refractivity contribution >= 4 is 52.2 Å². The van der Waals surface area contributed by atoms with Crippen LogP contribution in [0.25, 0.3) is 6.08 Å². The first-order valence-electron chi connectivity index (χ1n) is 8.42. The van der Waals surface area contributed by atoms with Gasteiger partial charge in [0.15, 0.2) is 6.10 Å². The molecule has 1 fully saturated rings. The number of aliphatic carboxylic acids is 1. The minimum absolute atomic E-state index is 0.222. The van der Waals surface area contributed by atoms with Crippen LogP contribution < -0.4 is 9.64 Å². The third-order valence-electron chi connectivity index (χ3n) is 4.00. The van der Waals surface area contributed by atoms with E-state index in [0.29, 0.717) is 22.0 Å². The van der Waals surface area contributed by atoms with Crippen LogP contribution in [0.4, 0.5) is 10.5 Å². The Kier molecular flexibility index (Phi) is 6.06. The van der Waals surface area contributed by atoms with Crippen molar-refractivity contribution < 1.29 is 24.2 Å². The van der Waals surface area contributed by atoms with Gasteiger partial charge in [0.2, 0.25) is 0 Å². The number of carboxylic acid groups (broad SMARTS) is 1. The molecule has 1 aliphatic heterocycles. The maximum absolute atomic E-state index is 12.8. The molecule has 0 spiro atoms. The van der Waals surface area contributed by atoms with Crippen LogP contribution in [0.5, 0.6) is 5.75 Å². The summed E-state index contributed by atoms with van der Waals surface area (Å²) in [7, 11) is 0. The van der Waals surface area contributed by atoms with E-state index in [1.165, 1.54) is 6.08 Å². The summed E-state index contributed by atoms with van der Waals surface area (Å²) in [4.78, 5) is 37.6. The highest BCUT2D eigenvalue weighted by atomic mass is 35.5. The van der Waals surface area contributed by atoms with Gasteiger partial charge in [-0.1, -0.05) is 36.7 Å². The Hall–Kier alpha value is -2.77. The summed E-state index contributed by atoms with van der Waals surface area (Å²) in [5, 5.41) is 9.29. The van der Waals surface area contributed by atoms with Gasteiger partial charge in [0.25, 0.3) is 11.1 Å². The van der Waals surface area contributed by atoms with E-state index in [-0.39, 0.29) is 11.3 Å². The fourth-order valence-electron chi connectivity index (χ4n) is 2.59. The molecule has 1 aliphatic rings. The molecule has 0 aliphatic carbocycles. The van der Waals surface area contributed by atoms with Crippen LogP contribution in [-0.2, 0) is 9.59 Å². The number of para-hydroxylation sites is 1. The third kappa shape index (κ3) is 4.21. The van der Waals surface area contributed by atoms with Crippen molar-refractivity contribution in [3.05, 3.63) is 64.0 Å². The normalized spacial score (nSPS) is 16.5. The number of anilines is 1. The lowest BCUT2D eigenvalue weighted by molar-refractivity contribution is -0.145. The van der Waals surface area contributed by atoms with E-state index in [1.807, 2.05) is 0 Å². The van der Waals surface area contributed by atoms with Gasteiger partial charge in [0, 0.05) is 10.6 Å². The molecule has 2 amide bonds. The van der Waals surface area contributed by atoms with Gasteiger partial charge in [-0.2, -0.15) is 0 Å². The smallest absolute Gasteiger partial charge is 0.344 e. The molecule has 0 aromatic heterocycles. The number of hydrogen-bond acceptors (Lipinski definition) is 5. The standard InChI is InChI=1S/C20H16ClNO5S/c1-2-15(19(24)25)27-16-6-4-3-5-12(16)11-17-18(23)22(20(26)28-17)14-9-7-13(21)8-10-14/h3-11,15H,2H2,1H3,(H,24,25)/b17-11+. The van der Waals surface area contributed by atoms with Crippen molar-refractivity contribution in [2.75, 3.05) is 4.90 Å². The number of carbonyl (C=O) groups excluding carboxylic acids is 2. The predicted octanol–water partition coefficient (Wildman–Crippen LogP) is 4.82. The highest BCUT2D eigenvalue weighted by molar-refractivity contribution is 8.19. The SMILES string of the molecule is CCC(Oc1ccccc1/C=C1/SC(=O)N(c2ccc(Cl)cc2)C1=O)C(=O)O. The summed E-state index contributed by atoms with van der Waals surface area (Å²) >= 11 is 6.67. The summed E-state index contributed by atoms with van der Waals surface area (Å²) in [5.74, 6) is -1.20. The third-order valence-corrected chi connectivity index (χ3v) is 5.12. The average Bonchev–Trinajstić information content (AvgIpc) is 2.95. The van der Waals surface area contributed by atoms with Crippen molar-refractivity contribution in [2.45, 2.75) is 19.4 Å². The first-order valence-corrected chi connectivity index (χ1v) is 9.62. The lowest BCUT2D eigenvalue weighted by Crippen LogP contribution is -2.27. The molecule has 6 nitrogen and oxygen atoms in total. The Morgan fingerprint density at radius 1 is 1.21 bits per heavy atom. The molecule has 1 N–H and O–H groups in total. The van der Waals surface area contributed by atoms with Gasteiger partial charge in [-0.05, 0) is 54.6 Å². The number of benzene rings is 2. The van der Waals surface area contributed by atoms with Gasteiger partial charge in [-0.25, -0.2) is 9.69 Å². The molecule has 0 bridgehead atoms. The minimum atomic E-state index is -1.07. The first-order chi connectivity index (χ1) is 13.4. The molecule has 2 aromatic carbocycles. The summed E-state index contributed by atoms with van der Waals surface area (Å²) in [5.41, 5.74) is 0.945. The number of carbonyl (C=O) groups is 3. The zero-order valence-electron chi connectivity index (χ0n) is 14.8. The van der Waals surface area contributed by atoms with E-state index in [0.717, 1.165) is 16.7 Å². The van der Waals surface area contributed by atoms with Crippen LogP contribution in [0, 0.1) is 0 Å². The lowest BCUT2D eigenvalue weighted by atomic mass is 10.1. The van der Waals surface area contributed by atoms with Gasteiger partial charge >= 0.3 is 5.97 Å². The number of amides is 2. The summed E-state index contributed by atoms with van der Waals surface area (Å²) in [6, 6.07) is 13.2. The van der Waals surface area contributed by atoms with Crippen molar-refractivity contribution in [1.82, 2.24) is 0 Å². The zero-order chi connectivity index (χ0) is 20.3. The molecule has 1 heterocycles. The monoisotopic (exact) mass is 417 g/mol. The quantitative estimate of drug-likeness (QED) is 0.678. The van der Waals surface area contributed by atoms with Crippen molar-refractivity contribution in [3.63, 3.8) is 0 Å². The largest absolute Gasteiger partial charge is 0.479 e. The Bertz CT molecular complexity index is 957. The van der Waals surface area contributed by atoms with E-state index >= 15 is 0 Å². The van der Waals surface area contributed by atoms with Gasteiger partial charge in [-0.3, -0.25) is 9.59 Å². The molecule has 1 saturated heterocycles. The second kappa shape index (κ2) is 8.50. The predicted molar refractivity (Wildman–Crippen MR) is 109 cm³/mol. The maximum atomic E-state index is 12.8. The number of rotatable bonds is 6. The topological polar surface area (TPSA) is 83.9 Å². The van der Waals surface area contributed by atoms with Crippen LogP contribution >= 0.6 is 23.4 Å². The fraction of sp³-hybridized carbons (Fsp3) is 0.150. The average molecular weight is 418 g/mol. The van der Waals surface area contributed by atoms with Crippen LogP contribution in [0.15, 0.2) is 53.4 Å². The Morgan fingerprint density at radius 2 is 1.89 bits per heavy atom. The van der Waals surface area contributed by atoms with Crippen molar-refractivity contribution in [1.29, 1.82) is 0 Å². The number of ether oxygens (including phenoxy) is 1. The van der Waals surface area contributed by atoms with E-state index in [9.17, 15) is 19.5 Å². The van der Waals surface area contributed by atoms with Crippen LogP contribution in [-0.4, -0.2) is 28.3 Å². The molecule has 0 saturated carbocycles. The molecular formula is C20H16ClNO5S. The second-order valence-corrected chi connectivity index (χ2v) is 7.31. The van der Waals surface area contributed by atoms with Crippen LogP contribution in [0.3, 0.4) is 0 Å². The van der Waals surface area contributed by atoms with Gasteiger partial charge < -0.3 is 9.84 Å². The van der Waals surface area contributed by atoms with Crippen LogP contribution in [0.1, 0.15) is 18.9 Å². The fourth-order valence-corrected chi connectivity index (χ4v) is 3.55. The molecule has 1 atom stereocenters. The van der Waals surface area contributed by atoms with E-state index in [1.54, 1.807) is 55.5 Å². The van der Waals surface area contributed by atoms with Crippen molar-refractivity contribution in [2.24, 2.45) is 0 Å². The number of nitrogens with zero attached hydrogens (tertiary/aromatic N) is 1. The molecule has 28 heavy (non-hydrogen) atoms. The number of carboxylic acids is 1. The minimum Gasteiger partial charge on any atom is -0.479 e. The molecule has 3 rings (SSSR count). The number of thioether (sulfide) groups is 1. The highest BCUT2D eigenvalue weighted by Gasteiger charge is 2.36. The van der Waals surface area contributed by atoms with Crippen LogP contribution in [0.2, 0.25) is 5.02 Å². The first kappa shape index (κ1) is 20.0.